The third-order valence-corrected chi connectivity index (χ3v) is 8.63. The van der Waals surface area contributed by atoms with E-state index in [-0.39, 0.29) is 42.3 Å². The summed E-state index contributed by atoms with van der Waals surface area (Å²) in [5.41, 5.74) is 2.28. The van der Waals surface area contributed by atoms with Gasteiger partial charge in [0.05, 0.1) is 35.3 Å². The first kappa shape index (κ1) is 32.0. The van der Waals surface area contributed by atoms with Crippen molar-refractivity contribution in [2.45, 2.75) is 23.9 Å². The summed E-state index contributed by atoms with van der Waals surface area (Å²) in [6.45, 7) is 0.0699. The molecule has 206 valence electrons. The van der Waals surface area contributed by atoms with Crippen molar-refractivity contribution in [1.82, 2.24) is 10.3 Å². The maximum Gasteiger partial charge on any atom is 1.00 e. The molecule has 0 radical (unpaired) electrons. The second-order valence-electron chi connectivity index (χ2n) is 8.91. The van der Waals surface area contributed by atoms with Gasteiger partial charge < -0.3 is 15.2 Å². The molecular formula is C30H28LiN3O5S2. The average molecular weight is 582 g/mol. The number of aromatic nitrogens is 1. The summed E-state index contributed by atoms with van der Waals surface area (Å²) >= 11 is 1.46. The van der Waals surface area contributed by atoms with Gasteiger partial charge in [0, 0.05) is 11.8 Å². The van der Waals surface area contributed by atoms with Crippen molar-refractivity contribution in [3.63, 3.8) is 0 Å². The number of carboxylic acids is 1. The van der Waals surface area contributed by atoms with Gasteiger partial charge in [-0.05, 0) is 65.5 Å². The van der Waals surface area contributed by atoms with Crippen molar-refractivity contribution in [1.29, 1.82) is 0 Å². The Kier molecular flexibility index (Phi) is 11.6. The van der Waals surface area contributed by atoms with Crippen LogP contribution in [0, 0.1) is 0 Å². The minimum atomic E-state index is -4.12. The number of carbonyl (C=O) groups excluding carboxylic acids is 2. The second-order valence-corrected chi connectivity index (χ2v) is 11.8. The molecule has 8 nitrogen and oxygen atoms in total. The van der Waals surface area contributed by atoms with Crippen molar-refractivity contribution in [2.24, 2.45) is 0 Å². The molecule has 1 heterocycles. The summed E-state index contributed by atoms with van der Waals surface area (Å²) in [5, 5.41) is 14.2. The predicted octanol–water partition coefficient (Wildman–Crippen LogP) is 0.750. The number of pyridine rings is 1. The fraction of sp³-hybridized carbons (Fsp3) is 0.167. The molecule has 1 N–H and O–H groups in total. The molecular weight excluding hydrogens is 553 g/mol. The maximum atomic E-state index is 14.1. The number of anilines is 1. The number of nitrogens with zero attached hydrogens (tertiary/aromatic N) is 2. The van der Waals surface area contributed by atoms with E-state index in [1.807, 2.05) is 42.7 Å². The fourth-order valence-electron chi connectivity index (χ4n) is 4.15. The van der Waals surface area contributed by atoms with Gasteiger partial charge in [0.15, 0.2) is 0 Å². The molecule has 0 saturated heterocycles. The summed E-state index contributed by atoms with van der Waals surface area (Å²) in [6.07, 6.45) is 5.08. The van der Waals surface area contributed by atoms with Crippen LogP contribution in [-0.2, 0) is 21.4 Å². The van der Waals surface area contributed by atoms with E-state index in [2.05, 4.69) is 10.3 Å². The molecule has 0 aliphatic rings. The van der Waals surface area contributed by atoms with Crippen LogP contribution < -0.4 is 33.6 Å². The Balaban J connectivity index is 0.00000462. The van der Waals surface area contributed by atoms with Gasteiger partial charge >= 0.3 is 18.9 Å². The van der Waals surface area contributed by atoms with Crippen molar-refractivity contribution in [3.8, 4) is 11.1 Å². The quantitative estimate of drug-likeness (QED) is 0.245. The fourth-order valence-corrected chi connectivity index (χ4v) is 6.09. The van der Waals surface area contributed by atoms with Crippen LogP contribution in [0.25, 0.3) is 11.1 Å². The molecule has 11 heteroatoms. The first-order valence-corrected chi connectivity index (χ1v) is 15.3. The van der Waals surface area contributed by atoms with Crippen molar-refractivity contribution in [3.05, 3.63) is 115 Å². The van der Waals surface area contributed by atoms with Gasteiger partial charge in [-0.15, -0.1) is 0 Å². The zero-order valence-electron chi connectivity index (χ0n) is 22.8. The number of thioether (sulfide) groups is 1. The summed E-state index contributed by atoms with van der Waals surface area (Å²) < 4.78 is 29.5. The predicted molar refractivity (Wildman–Crippen MR) is 155 cm³/mol. The molecule has 4 rings (SSSR count). The molecule has 1 aromatic heterocycles. The number of rotatable bonds is 12. The van der Waals surface area contributed by atoms with Crippen LogP contribution in [0.1, 0.15) is 22.3 Å². The number of carboxylic acid groups (broad SMARTS) is 1. The molecule has 0 fully saturated rings. The smallest absolute Gasteiger partial charge is 0.548 e. The standard InChI is InChI=1S/C30H29N3O5S2.Li/c1-39-18-16-28(30(35)36)32-29(34)26-15-14-25(19-27(26)23-11-6-3-7-12-23)40(37,38)33(24-13-8-17-31-20-24)21-22-9-4-2-5-10-22;/h2-15,17,19-20,28H,16,18,21H2,1H3,(H,32,34)(H,35,36);/q;+1/p-1/t28-;/m0./s1. The van der Waals surface area contributed by atoms with E-state index in [0.717, 1.165) is 5.56 Å². The molecule has 0 aliphatic heterocycles. The van der Waals surface area contributed by atoms with Crippen LogP contribution in [-0.4, -0.2) is 43.3 Å². The van der Waals surface area contributed by atoms with Crippen molar-refractivity contribution in [2.75, 3.05) is 16.3 Å². The number of benzene rings is 3. The third kappa shape index (κ3) is 8.02. The first-order chi connectivity index (χ1) is 19.3. The summed E-state index contributed by atoms with van der Waals surface area (Å²) in [5.74, 6) is -1.49. The van der Waals surface area contributed by atoms with Crippen molar-refractivity contribution < 1.29 is 42.0 Å². The van der Waals surface area contributed by atoms with Gasteiger partial charge in [-0.3, -0.25) is 14.1 Å². The zero-order chi connectivity index (χ0) is 28.5. The molecule has 0 unspecified atom stereocenters. The van der Waals surface area contributed by atoms with Crippen molar-refractivity contribution >= 4 is 39.3 Å². The molecule has 0 saturated carbocycles. The maximum absolute atomic E-state index is 14.1. The molecule has 0 spiro atoms. The molecule has 41 heavy (non-hydrogen) atoms. The van der Waals surface area contributed by atoms with Gasteiger partial charge in [-0.25, -0.2) is 8.42 Å². The molecule has 1 atom stereocenters. The number of aliphatic carboxylic acids is 1. The Morgan fingerprint density at radius 1 is 0.976 bits per heavy atom. The van der Waals surface area contributed by atoms with E-state index < -0.39 is 27.9 Å². The Bertz CT molecular complexity index is 1560. The number of hydrogen-bond donors (Lipinski definition) is 1. The van der Waals surface area contributed by atoms with Crippen LogP contribution in [0.15, 0.2) is 108 Å². The monoisotopic (exact) mass is 581 g/mol. The molecule has 3 aromatic carbocycles. The molecule has 0 aliphatic carbocycles. The summed E-state index contributed by atoms with van der Waals surface area (Å²) in [6, 6.07) is 24.5. The largest absolute Gasteiger partial charge is 1.00 e. The summed E-state index contributed by atoms with van der Waals surface area (Å²) in [7, 11) is -4.12. The Labute approximate surface area is 256 Å². The number of carbonyl (C=O) groups is 2. The van der Waals surface area contributed by atoms with Gasteiger partial charge in [0.2, 0.25) is 0 Å². The topological polar surface area (TPSA) is 120 Å². The molecule has 1 amide bonds. The Morgan fingerprint density at radius 2 is 1.66 bits per heavy atom. The van der Waals surface area contributed by atoms with E-state index in [1.165, 1.54) is 40.5 Å². The van der Waals surface area contributed by atoms with Crippen LogP contribution in [0.5, 0.6) is 0 Å². The minimum absolute atomic E-state index is 0. The van der Waals surface area contributed by atoms with E-state index in [0.29, 0.717) is 22.6 Å². The Morgan fingerprint density at radius 3 is 2.27 bits per heavy atom. The number of nitrogens with one attached hydrogen (secondary N) is 1. The number of hydrogen-bond acceptors (Lipinski definition) is 7. The number of amides is 1. The zero-order valence-corrected chi connectivity index (χ0v) is 24.4. The van der Waals surface area contributed by atoms with E-state index in [9.17, 15) is 23.1 Å². The average Bonchev–Trinajstić information content (AvgIpc) is 2.98. The van der Waals surface area contributed by atoms with Crippen LogP contribution in [0.3, 0.4) is 0 Å². The molecule has 0 bridgehead atoms. The van der Waals surface area contributed by atoms with Gasteiger partial charge in [-0.1, -0.05) is 60.7 Å². The third-order valence-electron chi connectivity index (χ3n) is 6.21. The van der Waals surface area contributed by atoms with Crippen LogP contribution >= 0.6 is 11.8 Å². The Hall–Kier alpha value is -3.55. The van der Waals surface area contributed by atoms with E-state index in [4.69, 9.17) is 0 Å². The van der Waals surface area contributed by atoms with E-state index >= 15 is 0 Å². The SMILES string of the molecule is CSCC[C@H](NC(=O)c1ccc(S(=O)(=O)N(Cc2ccccc2)c2cccnc2)cc1-c1ccccc1)C(=O)[O-].[Li+]. The molecule has 4 aromatic rings. The minimum Gasteiger partial charge on any atom is -0.548 e. The summed E-state index contributed by atoms with van der Waals surface area (Å²) in [4.78, 5) is 29.0. The second kappa shape index (κ2) is 14.9. The van der Waals surface area contributed by atoms with Gasteiger partial charge in [0.1, 0.15) is 0 Å². The van der Waals surface area contributed by atoms with Crippen LogP contribution in [0.4, 0.5) is 5.69 Å². The van der Waals surface area contributed by atoms with Gasteiger partial charge in [-0.2, -0.15) is 11.8 Å². The van der Waals surface area contributed by atoms with Gasteiger partial charge in [0.25, 0.3) is 15.9 Å². The first-order valence-electron chi connectivity index (χ1n) is 12.5. The van der Waals surface area contributed by atoms with E-state index in [1.54, 1.807) is 42.6 Å². The van der Waals surface area contributed by atoms with Crippen LogP contribution in [0.2, 0.25) is 0 Å². The number of sulfonamides is 1. The normalized spacial score (nSPS) is 11.6.